The summed E-state index contributed by atoms with van der Waals surface area (Å²) in [5, 5.41) is 2.62. The Kier molecular flexibility index (Phi) is 3.09. The zero-order valence-electron chi connectivity index (χ0n) is 10.1. The summed E-state index contributed by atoms with van der Waals surface area (Å²) in [5.74, 6) is -3.03. The van der Waals surface area contributed by atoms with E-state index in [1.807, 2.05) is 18.2 Å². The summed E-state index contributed by atoms with van der Waals surface area (Å²) in [5.41, 5.74) is 1.91. The molecule has 2 aliphatic rings. The number of carbonyl (C=O) groups is 1. The molecule has 1 aromatic carbocycles. The topological polar surface area (TPSA) is 32.3 Å². The molecule has 19 heavy (non-hydrogen) atoms. The normalized spacial score (nSPS) is 24.6. The quantitative estimate of drug-likeness (QED) is 0.857. The average molecular weight is 331 g/mol. The predicted molar refractivity (Wildman–Crippen MR) is 71.6 cm³/mol. The molecule has 0 aromatic heterocycles. The van der Waals surface area contributed by atoms with Crippen LogP contribution in [-0.2, 0) is 11.2 Å². The van der Waals surface area contributed by atoms with Crippen molar-refractivity contribution in [3.63, 3.8) is 0 Å². The van der Waals surface area contributed by atoms with E-state index < -0.39 is 24.9 Å². The number of hydrogen-bond acceptors (Lipinski definition) is 2. The van der Waals surface area contributed by atoms with Gasteiger partial charge in [-0.1, -0.05) is 22.0 Å². The van der Waals surface area contributed by atoms with Crippen LogP contribution in [0.15, 0.2) is 22.7 Å². The number of nitrogens with zero attached hydrogens (tertiary/aromatic N) is 1. The Morgan fingerprint density at radius 1 is 1.47 bits per heavy atom. The highest BCUT2D eigenvalue weighted by molar-refractivity contribution is 9.10. The monoisotopic (exact) mass is 330 g/mol. The summed E-state index contributed by atoms with van der Waals surface area (Å²) >= 11 is 3.37. The van der Waals surface area contributed by atoms with Crippen molar-refractivity contribution in [2.45, 2.75) is 24.8 Å². The highest BCUT2D eigenvalue weighted by Gasteiger charge is 2.44. The molecule has 0 saturated carbocycles. The molecule has 6 heteroatoms. The molecule has 102 valence electrons. The number of fused-ring (bicyclic) bond motifs is 1. The van der Waals surface area contributed by atoms with Gasteiger partial charge < -0.3 is 4.90 Å². The van der Waals surface area contributed by atoms with Crippen molar-refractivity contribution in [2.75, 3.05) is 18.0 Å². The smallest absolute Gasteiger partial charge is 0.262 e. The first kappa shape index (κ1) is 13.0. The zero-order valence-corrected chi connectivity index (χ0v) is 11.7. The van der Waals surface area contributed by atoms with Gasteiger partial charge in [-0.3, -0.25) is 10.1 Å². The van der Waals surface area contributed by atoms with Crippen molar-refractivity contribution >= 4 is 27.5 Å². The van der Waals surface area contributed by atoms with Gasteiger partial charge in [-0.15, -0.1) is 0 Å². The van der Waals surface area contributed by atoms with Crippen LogP contribution in [0, 0.1) is 0 Å². The van der Waals surface area contributed by atoms with E-state index in [2.05, 4.69) is 21.2 Å². The molecule has 1 fully saturated rings. The van der Waals surface area contributed by atoms with Gasteiger partial charge in [0.25, 0.3) is 5.92 Å². The Balaban J connectivity index is 1.82. The maximum atomic E-state index is 13.2. The van der Waals surface area contributed by atoms with Crippen LogP contribution in [-0.4, -0.2) is 31.0 Å². The van der Waals surface area contributed by atoms with E-state index in [0.29, 0.717) is 6.54 Å². The maximum Gasteiger partial charge on any atom is 0.262 e. The number of carbonyl (C=O) groups excluding carboxylic acids is 1. The van der Waals surface area contributed by atoms with Gasteiger partial charge in [0.1, 0.15) is 0 Å². The van der Waals surface area contributed by atoms with Gasteiger partial charge in [0.15, 0.2) is 0 Å². The molecular formula is C13H13BrF2N2O. The number of halogens is 3. The van der Waals surface area contributed by atoms with Crippen LogP contribution in [0.2, 0.25) is 0 Å². The third-order valence-electron chi connectivity index (χ3n) is 3.62. The van der Waals surface area contributed by atoms with Crippen molar-refractivity contribution in [1.82, 2.24) is 5.32 Å². The lowest BCUT2D eigenvalue weighted by molar-refractivity contribution is -0.120. The van der Waals surface area contributed by atoms with Crippen LogP contribution < -0.4 is 10.2 Å². The van der Waals surface area contributed by atoms with Crippen molar-refractivity contribution in [3.8, 4) is 0 Å². The first-order chi connectivity index (χ1) is 8.96. The van der Waals surface area contributed by atoms with Crippen LogP contribution >= 0.6 is 15.9 Å². The second-order valence-corrected chi connectivity index (χ2v) is 5.92. The van der Waals surface area contributed by atoms with Gasteiger partial charge in [0, 0.05) is 23.1 Å². The SMILES string of the molecule is O=C(C1CC(F)(F)CN1)N1CCc2ccc(Br)cc21. The van der Waals surface area contributed by atoms with Crippen LogP contribution in [0.1, 0.15) is 12.0 Å². The fraction of sp³-hybridized carbons (Fsp3) is 0.462. The minimum absolute atomic E-state index is 0.256. The number of nitrogens with one attached hydrogen (secondary N) is 1. The average Bonchev–Trinajstić information content (AvgIpc) is 2.91. The molecule has 0 bridgehead atoms. The van der Waals surface area contributed by atoms with Crippen LogP contribution in [0.4, 0.5) is 14.5 Å². The number of amides is 1. The van der Waals surface area contributed by atoms with E-state index in [9.17, 15) is 13.6 Å². The van der Waals surface area contributed by atoms with E-state index >= 15 is 0 Å². The number of anilines is 1. The molecule has 1 aromatic rings. The van der Waals surface area contributed by atoms with Gasteiger partial charge in [-0.2, -0.15) is 0 Å². The Morgan fingerprint density at radius 2 is 2.26 bits per heavy atom. The maximum absolute atomic E-state index is 13.2. The van der Waals surface area contributed by atoms with Crippen LogP contribution in [0.5, 0.6) is 0 Å². The van der Waals surface area contributed by atoms with E-state index in [-0.39, 0.29) is 5.91 Å². The van der Waals surface area contributed by atoms with Crippen molar-refractivity contribution in [1.29, 1.82) is 0 Å². The molecule has 1 saturated heterocycles. The number of alkyl halides is 2. The van der Waals surface area contributed by atoms with Gasteiger partial charge in [0.05, 0.1) is 12.6 Å². The summed E-state index contributed by atoms with van der Waals surface area (Å²) in [6.07, 6.45) is 0.364. The third-order valence-corrected chi connectivity index (χ3v) is 4.11. The van der Waals surface area contributed by atoms with E-state index in [1.165, 1.54) is 0 Å². The van der Waals surface area contributed by atoms with Gasteiger partial charge in [-0.25, -0.2) is 8.78 Å². The Labute approximate surface area is 118 Å². The fourth-order valence-corrected chi connectivity index (χ4v) is 3.01. The third kappa shape index (κ3) is 2.39. The predicted octanol–water partition coefficient (Wildman–Crippen LogP) is 2.34. The summed E-state index contributed by atoms with van der Waals surface area (Å²) in [6.45, 7) is 0.150. The molecule has 2 aliphatic heterocycles. The van der Waals surface area contributed by atoms with Crippen molar-refractivity contribution in [3.05, 3.63) is 28.2 Å². The van der Waals surface area contributed by atoms with Crippen LogP contribution in [0.25, 0.3) is 0 Å². The Morgan fingerprint density at radius 3 is 2.95 bits per heavy atom. The lowest BCUT2D eigenvalue weighted by Gasteiger charge is -2.21. The highest BCUT2D eigenvalue weighted by Crippen LogP contribution is 2.33. The van der Waals surface area contributed by atoms with Crippen molar-refractivity contribution < 1.29 is 13.6 Å². The second-order valence-electron chi connectivity index (χ2n) is 5.01. The number of rotatable bonds is 1. The molecular weight excluding hydrogens is 318 g/mol. The number of benzene rings is 1. The lowest BCUT2D eigenvalue weighted by atomic mass is 10.1. The Bertz CT molecular complexity index is 535. The molecule has 1 unspecified atom stereocenters. The minimum atomic E-state index is -2.78. The highest BCUT2D eigenvalue weighted by atomic mass is 79.9. The van der Waals surface area contributed by atoms with Crippen LogP contribution in [0.3, 0.4) is 0 Å². The van der Waals surface area contributed by atoms with E-state index in [0.717, 1.165) is 22.1 Å². The summed E-state index contributed by atoms with van der Waals surface area (Å²) < 4.78 is 27.2. The molecule has 1 amide bonds. The summed E-state index contributed by atoms with van der Waals surface area (Å²) in [6, 6.07) is 4.98. The standard InChI is InChI=1S/C13H13BrF2N2O/c14-9-2-1-8-3-4-18(11(8)5-9)12(19)10-6-13(15,16)7-17-10/h1-2,5,10,17H,3-4,6-7H2. The molecule has 1 N–H and O–H groups in total. The van der Waals surface area contributed by atoms with Crippen molar-refractivity contribution in [2.24, 2.45) is 0 Å². The summed E-state index contributed by atoms with van der Waals surface area (Å²) in [4.78, 5) is 13.9. The molecule has 0 aliphatic carbocycles. The van der Waals surface area contributed by atoms with Gasteiger partial charge >= 0.3 is 0 Å². The first-order valence-corrected chi connectivity index (χ1v) is 6.97. The van der Waals surface area contributed by atoms with E-state index in [1.54, 1.807) is 4.90 Å². The molecule has 3 rings (SSSR count). The largest absolute Gasteiger partial charge is 0.310 e. The zero-order chi connectivity index (χ0) is 13.6. The van der Waals surface area contributed by atoms with E-state index in [4.69, 9.17) is 0 Å². The first-order valence-electron chi connectivity index (χ1n) is 6.17. The van der Waals surface area contributed by atoms with Gasteiger partial charge in [-0.05, 0) is 24.1 Å². The fourth-order valence-electron chi connectivity index (χ4n) is 2.66. The Hall–Kier alpha value is -1.01. The molecule has 0 spiro atoms. The lowest BCUT2D eigenvalue weighted by Crippen LogP contribution is -2.42. The molecule has 1 atom stereocenters. The minimum Gasteiger partial charge on any atom is -0.310 e. The number of hydrogen-bond donors (Lipinski definition) is 1. The molecule has 3 nitrogen and oxygen atoms in total. The molecule has 0 radical (unpaired) electrons. The van der Waals surface area contributed by atoms with Gasteiger partial charge in [0.2, 0.25) is 5.91 Å². The molecule has 2 heterocycles. The second kappa shape index (κ2) is 4.52. The summed E-state index contributed by atoms with van der Waals surface area (Å²) in [7, 11) is 0.